The summed E-state index contributed by atoms with van der Waals surface area (Å²) in [4.78, 5) is 38.0. The van der Waals surface area contributed by atoms with Crippen molar-refractivity contribution in [2.45, 2.75) is 38.6 Å². The first-order valence-corrected chi connectivity index (χ1v) is 11.0. The van der Waals surface area contributed by atoms with Crippen LogP contribution in [0.25, 0.3) is 6.08 Å². The number of nitrogens with one attached hydrogen (secondary N) is 1. The predicted octanol–water partition coefficient (Wildman–Crippen LogP) is 3.05. The van der Waals surface area contributed by atoms with Gasteiger partial charge in [0, 0.05) is 13.0 Å². The first-order valence-electron chi connectivity index (χ1n) is 9.80. The molecular formula is C21H26N2O6S2. The number of rotatable bonds is 11. The fourth-order valence-electron chi connectivity index (χ4n) is 2.93. The van der Waals surface area contributed by atoms with Gasteiger partial charge in [-0.3, -0.25) is 14.5 Å². The number of amides is 2. The molecule has 0 aliphatic carbocycles. The van der Waals surface area contributed by atoms with Gasteiger partial charge in [0.25, 0.3) is 5.91 Å². The molecule has 1 heterocycles. The summed E-state index contributed by atoms with van der Waals surface area (Å²) in [6.07, 6.45) is 3.57. The standard InChI is InChI=1S/C21H26N2O6S2/c1-4-5-6-14(20(26)27)22-18(24)9-10-23-19(25)17(31-21(23)30)12-13-7-8-15(28-2)16(11-13)29-3/h7-8,11-12,14H,4-6,9-10H2,1-3H3,(H,22,24)(H,26,27)/b17-12-. The Morgan fingerprint density at radius 2 is 2.00 bits per heavy atom. The van der Waals surface area contributed by atoms with Gasteiger partial charge < -0.3 is 19.9 Å². The number of hydrogen-bond acceptors (Lipinski definition) is 7. The average molecular weight is 467 g/mol. The highest BCUT2D eigenvalue weighted by Crippen LogP contribution is 2.34. The Morgan fingerprint density at radius 3 is 2.61 bits per heavy atom. The van der Waals surface area contributed by atoms with E-state index in [-0.39, 0.29) is 18.9 Å². The minimum atomic E-state index is -1.06. The largest absolute Gasteiger partial charge is 0.493 e. The van der Waals surface area contributed by atoms with Crippen LogP contribution < -0.4 is 14.8 Å². The smallest absolute Gasteiger partial charge is 0.326 e. The predicted molar refractivity (Wildman–Crippen MR) is 123 cm³/mol. The maximum absolute atomic E-state index is 12.7. The van der Waals surface area contributed by atoms with Crippen LogP contribution in [-0.4, -0.2) is 58.9 Å². The molecule has 1 atom stereocenters. The first-order chi connectivity index (χ1) is 14.8. The number of thioether (sulfide) groups is 1. The molecule has 0 saturated carbocycles. The van der Waals surface area contributed by atoms with E-state index in [2.05, 4.69) is 5.32 Å². The van der Waals surface area contributed by atoms with Crippen molar-refractivity contribution >= 4 is 52.2 Å². The lowest BCUT2D eigenvalue weighted by Gasteiger charge is -2.17. The van der Waals surface area contributed by atoms with E-state index in [0.29, 0.717) is 33.6 Å². The van der Waals surface area contributed by atoms with Crippen LogP contribution in [0, 0.1) is 0 Å². The summed E-state index contributed by atoms with van der Waals surface area (Å²) in [5.41, 5.74) is 0.746. The van der Waals surface area contributed by atoms with Crippen LogP contribution in [0.1, 0.15) is 38.2 Å². The number of carboxylic acid groups (broad SMARTS) is 1. The summed E-state index contributed by atoms with van der Waals surface area (Å²) in [6, 6.07) is 4.36. The average Bonchev–Trinajstić information content (AvgIpc) is 3.01. The van der Waals surface area contributed by atoms with E-state index in [1.165, 1.54) is 12.0 Å². The Bertz CT molecular complexity index is 887. The molecule has 1 aromatic rings. The molecular weight excluding hydrogens is 440 g/mol. The van der Waals surface area contributed by atoms with E-state index in [0.717, 1.165) is 23.7 Å². The van der Waals surface area contributed by atoms with Crippen molar-refractivity contribution in [2.24, 2.45) is 0 Å². The van der Waals surface area contributed by atoms with Crippen molar-refractivity contribution in [3.05, 3.63) is 28.7 Å². The Labute approximate surface area is 191 Å². The van der Waals surface area contributed by atoms with Crippen LogP contribution >= 0.6 is 24.0 Å². The third kappa shape index (κ3) is 6.70. The van der Waals surface area contributed by atoms with Crippen LogP contribution in [0.4, 0.5) is 0 Å². The number of unbranched alkanes of at least 4 members (excludes halogenated alkanes) is 1. The maximum atomic E-state index is 12.7. The van der Waals surface area contributed by atoms with Crippen molar-refractivity contribution in [1.82, 2.24) is 10.2 Å². The lowest BCUT2D eigenvalue weighted by molar-refractivity contribution is -0.142. The van der Waals surface area contributed by atoms with E-state index in [4.69, 9.17) is 21.7 Å². The number of carbonyl (C=O) groups is 3. The van der Waals surface area contributed by atoms with E-state index in [9.17, 15) is 19.5 Å². The number of aliphatic carboxylic acids is 1. The molecule has 0 bridgehead atoms. The fraction of sp³-hybridized carbons (Fsp3) is 0.429. The van der Waals surface area contributed by atoms with E-state index >= 15 is 0 Å². The van der Waals surface area contributed by atoms with Gasteiger partial charge in [-0.15, -0.1) is 0 Å². The van der Waals surface area contributed by atoms with Crippen molar-refractivity contribution in [1.29, 1.82) is 0 Å². The molecule has 1 saturated heterocycles. The van der Waals surface area contributed by atoms with Crippen LogP contribution in [0.15, 0.2) is 23.1 Å². The summed E-state index contributed by atoms with van der Waals surface area (Å²) < 4.78 is 10.8. The molecule has 1 aromatic carbocycles. The number of carbonyl (C=O) groups excluding carboxylic acids is 2. The molecule has 0 aromatic heterocycles. The fourth-order valence-corrected chi connectivity index (χ4v) is 4.24. The van der Waals surface area contributed by atoms with Gasteiger partial charge in [0.1, 0.15) is 10.4 Å². The number of thiocarbonyl (C=S) groups is 1. The Morgan fingerprint density at radius 1 is 1.29 bits per heavy atom. The third-order valence-electron chi connectivity index (χ3n) is 4.62. The minimum absolute atomic E-state index is 0.0357. The molecule has 10 heteroatoms. The van der Waals surface area contributed by atoms with Gasteiger partial charge >= 0.3 is 5.97 Å². The van der Waals surface area contributed by atoms with Crippen LogP contribution in [-0.2, 0) is 14.4 Å². The normalized spacial score (nSPS) is 15.8. The third-order valence-corrected chi connectivity index (χ3v) is 6.00. The summed E-state index contributed by atoms with van der Waals surface area (Å²) in [5.74, 6) is -0.665. The SMILES string of the molecule is CCCCC(NC(=O)CCN1C(=O)/C(=C/c2ccc(OC)c(OC)c2)SC1=S)C(=O)O. The zero-order valence-corrected chi connectivity index (χ0v) is 19.3. The van der Waals surface area contributed by atoms with Gasteiger partial charge in [-0.05, 0) is 30.2 Å². The maximum Gasteiger partial charge on any atom is 0.326 e. The van der Waals surface area contributed by atoms with Gasteiger partial charge in [-0.25, -0.2) is 4.79 Å². The summed E-state index contributed by atoms with van der Waals surface area (Å²) in [6.45, 7) is 2.03. The molecule has 1 fully saturated rings. The molecule has 0 spiro atoms. The number of hydrogen-bond donors (Lipinski definition) is 2. The molecule has 1 aliphatic rings. The van der Waals surface area contributed by atoms with Crippen molar-refractivity contribution in [3.8, 4) is 11.5 Å². The monoisotopic (exact) mass is 466 g/mol. The lowest BCUT2D eigenvalue weighted by Crippen LogP contribution is -2.42. The highest BCUT2D eigenvalue weighted by atomic mass is 32.2. The minimum Gasteiger partial charge on any atom is -0.493 e. The van der Waals surface area contributed by atoms with Gasteiger partial charge in [-0.2, -0.15) is 0 Å². The Balaban J connectivity index is 2.01. The number of benzene rings is 1. The van der Waals surface area contributed by atoms with E-state index < -0.39 is 17.9 Å². The quantitative estimate of drug-likeness (QED) is 0.379. The van der Waals surface area contributed by atoms with Crippen molar-refractivity contribution < 1.29 is 29.0 Å². The zero-order valence-electron chi connectivity index (χ0n) is 17.7. The van der Waals surface area contributed by atoms with E-state index in [1.54, 1.807) is 31.4 Å². The van der Waals surface area contributed by atoms with Gasteiger partial charge in [0.15, 0.2) is 11.5 Å². The summed E-state index contributed by atoms with van der Waals surface area (Å²) >= 11 is 6.45. The topological polar surface area (TPSA) is 105 Å². The molecule has 1 unspecified atom stereocenters. The number of methoxy groups -OCH3 is 2. The first kappa shape index (κ1) is 24.7. The number of carboxylic acids is 1. The lowest BCUT2D eigenvalue weighted by atomic mass is 10.1. The molecule has 168 valence electrons. The van der Waals surface area contributed by atoms with Crippen molar-refractivity contribution in [3.63, 3.8) is 0 Å². The summed E-state index contributed by atoms with van der Waals surface area (Å²) in [5, 5.41) is 11.7. The van der Waals surface area contributed by atoms with Gasteiger partial charge in [0.05, 0.1) is 19.1 Å². The number of ether oxygens (including phenoxy) is 2. The van der Waals surface area contributed by atoms with Gasteiger partial charge in [-0.1, -0.05) is 49.8 Å². The second kappa shape index (κ2) is 11.7. The van der Waals surface area contributed by atoms with Crippen LogP contribution in [0.5, 0.6) is 11.5 Å². The second-order valence-electron chi connectivity index (χ2n) is 6.80. The van der Waals surface area contributed by atoms with Crippen molar-refractivity contribution in [2.75, 3.05) is 20.8 Å². The van der Waals surface area contributed by atoms with Crippen LogP contribution in [0.2, 0.25) is 0 Å². The molecule has 2 N–H and O–H groups in total. The number of nitrogens with zero attached hydrogens (tertiary/aromatic N) is 1. The highest BCUT2D eigenvalue weighted by molar-refractivity contribution is 8.26. The molecule has 1 aliphatic heterocycles. The van der Waals surface area contributed by atoms with Crippen LogP contribution in [0.3, 0.4) is 0 Å². The molecule has 2 amide bonds. The molecule has 31 heavy (non-hydrogen) atoms. The molecule has 0 radical (unpaired) electrons. The highest BCUT2D eigenvalue weighted by Gasteiger charge is 2.32. The Hall–Kier alpha value is -2.59. The van der Waals surface area contributed by atoms with Gasteiger partial charge in [0.2, 0.25) is 5.91 Å². The second-order valence-corrected chi connectivity index (χ2v) is 8.47. The van der Waals surface area contributed by atoms with E-state index in [1.807, 2.05) is 6.92 Å². The molecule has 2 rings (SSSR count). The zero-order chi connectivity index (χ0) is 23.0. The Kier molecular flexibility index (Phi) is 9.32. The molecule has 8 nitrogen and oxygen atoms in total. The summed E-state index contributed by atoms with van der Waals surface area (Å²) in [7, 11) is 3.07.